The monoisotopic (exact) mass is 532 g/mol. The molecule has 1 aromatic heterocycles. The highest BCUT2D eigenvalue weighted by molar-refractivity contribution is 7.92. The highest BCUT2D eigenvalue weighted by Gasteiger charge is 2.29. The van der Waals surface area contributed by atoms with Crippen LogP contribution in [0.25, 0.3) is 0 Å². The third-order valence-electron chi connectivity index (χ3n) is 5.74. The van der Waals surface area contributed by atoms with E-state index >= 15 is 0 Å². The fourth-order valence-electron chi connectivity index (χ4n) is 4.07. The average Bonchev–Trinajstić information content (AvgIpc) is 3.36. The molecular formula is C25H25ClN2O5S2. The lowest BCUT2D eigenvalue weighted by atomic mass is 10.1. The third-order valence-corrected chi connectivity index (χ3v) is 8.79. The zero-order valence-corrected chi connectivity index (χ0v) is 21.9. The van der Waals surface area contributed by atoms with Crippen molar-refractivity contribution in [1.82, 2.24) is 0 Å². The number of carbonyl (C=O) groups excluding carboxylic acids is 2. The van der Waals surface area contributed by atoms with Crippen LogP contribution in [0.4, 0.5) is 10.7 Å². The Labute approximate surface area is 213 Å². The Balaban J connectivity index is 1.63. The molecule has 0 bridgehead atoms. The number of benzene rings is 2. The first kappa shape index (κ1) is 25.2. The lowest BCUT2D eigenvalue weighted by Gasteiger charge is -2.13. The van der Waals surface area contributed by atoms with Crippen LogP contribution in [0.3, 0.4) is 0 Å². The smallest absolute Gasteiger partial charge is 0.341 e. The van der Waals surface area contributed by atoms with Crippen LogP contribution < -0.4 is 10.0 Å². The van der Waals surface area contributed by atoms with Crippen LogP contribution in [-0.2, 0) is 27.6 Å². The van der Waals surface area contributed by atoms with E-state index in [1.54, 1.807) is 26.0 Å². The van der Waals surface area contributed by atoms with Crippen molar-refractivity contribution in [1.29, 1.82) is 0 Å². The number of hydrogen-bond acceptors (Lipinski definition) is 6. The number of thiophene rings is 1. The predicted octanol–water partition coefficient (Wildman–Crippen LogP) is 5.74. The number of esters is 1. The molecule has 4 rings (SSSR count). The van der Waals surface area contributed by atoms with Crippen LogP contribution >= 0.6 is 22.9 Å². The number of rotatable bonds is 7. The minimum absolute atomic E-state index is 0.0128. The Bertz CT molecular complexity index is 1430. The summed E-state index contributed by atoms with van der Waals surface area (Å²) in [7, 11) is -4.07. The van der Waals surface area contributed by atoms with E-state index in [0.29, 0.717) is 16.3 Å². The van der Waals surface area contributed by atoms with Crippen LogP contribution in [0.2, 0.25) is 5.02 Å². The number of anilines is 2. The van der Waals surface area contributed by atoms with E-state index in [4.69, 9.17) is 16.3 Å². The molecule has 3 aromatic rings. The maximum absolute atomic E-state index is 13.1. The van der Waals surface area contributed by atoms with E-state index in [1.165, 1.54) is 29.5 Å². The Morgan fingerprint density at radius 2 is 1.89 bits per heavy atom. The molecular weight excluding hydrogens is 508 g/mol. The van der Waals surface area contributed by atoms with Gasteiger partial charge in [-0.25, -0.2) is 13.2 Å². The molecule has 1 aliphatic carbocycles. The molecule has 0 spiro atoms. The molecule has 0 unspecified atom stereocenters. The van der Waals surface area contributed by atoms with Gasteiger partial charge in [-0.15, -0.1) is 11.3 Å². The van der Waals surface area contributed by atoms with Gasteiger partial charge in [0.1, 0.15) is 9.90 Å². The number of ether oxygens (including phenoxy) is 1. The predicted molar refractivity (Wildman–Crippen MR) is 138 cm³/mol. The van der Waals surface area contributed by atoms with Crippen molar-refractivity contribution in [2.75, 3.05) is 16.6 Å². The fraction of sp³-hybridized carbons (Fsp3) is 0.280. The zero-order chi connectivity index (χ0) is 25.3. The van der Waals surface area contributed by atoms with Crippen molar-refractivity contribution in [2.45, 2.75) is 44.9 Å². The van der Waals surface area contributed by atoms with Crippen LogP contribution in [0.5, 0.6) is 0 Å². The Kier molecular flexibility index (Phi) is 7.21. The second-order valence-electron chi connectivity index (χ2n) is 8.31. The number of nitrogens with one attached hydrogen (secondary N) is 2. The summed E-state index contributed by atoms with van der Waals surface area (Å²) in [5.41, 5.74) is 3.59. The van der Waals surface area contributed by atoms with Crippen LogP contribution in [0.1, 0.15) is 55.6 Å². The van der Waals surface area contributed by atoms with Gasteiger partial charge in [-0.3, -0.25) is 9.52 Å². The third kappa shape index (κ3) is 5.22. The summed E-state index contributed by atoms with van der Waals surface area (Å²) in [6, 6.07) is 9.39. The van der Waals surface area contributed by atoms with Crippen LogP contribution in [-0.4, -0.2) is 26.9 Å². The molecule has 1 aliphatic rings. The molecule has 0 saturated carbocycles. The molecule has 0 fully saturated rings. The minimum atomic E-state index is -4.07. The van der Waals surface area contributed by atoms with E-state index in [0.717, 1.165) is 40.8 Å². The van der Waals surface area contributed by atoms with Gasteiger partial charge in [0.05, 0.1) is 22.9 Å². The van der Waals surface area contributed by atoms with Gasteiger partial charge < -0.3 is 10.1 Å². The highest BCUT2D eigenvalue weighted by Crippen LogP contribution is 2.40. The summed E-state index contributed by atoms with van der Waals surface area (Å²) in [4.78, 5) is 26.5. The average molecular weight is 533 g/mol. The molecule has 10 heteroatoms. The fourth-order valence-corrected chi connectivity index (χ4v) is 7.00. The van der Waals surface area contributed by atoms with Gasteiger partial charge in [0.15, 0.2) is 0 Å². The van der Waals surface area contributed by atoms with Gasteiger partial charge in [0.2, 0.25) is 0 Å². The lowest BCUT2D eigenvalue weighted by Crippen LogP contribution is -2.18. The maximum atomic E-state index is 13.1. The maximum Gasteiger partial charge on any atom is 0.341 e. The van der Waals surface area contributed by atoms with E-state index in [1.807, 2.05) is 13.0 Å². The first-order valence-corrected chi connectivity index (χ1v) is 13.8. The van der Waals surface area contributed by atoms with Crippen molar-refractivity contribution in [2.24, 2.45) is 0 Å². The lowest BCUT2D eigenvalue weighted by molar-refractivity contribution is 0.0527. The van der Waals surface area contributed by atoms with Gasteiger partial charge >= 0.3 is 5.97 Å². The molecule has 7 nitrogen and oxygen atoms in total. The van der Waals surface area contributed by atoms with Gasteiger partial charge in [-0.1, -0.05) is 29.3 Å². The SMILES string of the molecule is CCOC(=O)c1c(NC(=O)c2ccc(Cl)c(S(=O)(=O)Nc3ccc(C)cc3C)c2)sc2c1CCC2. The number of carbonyl (C=O) groups is 2. The molecule has 1 amide bonds. The quantitative estimate of drug-likeness (QED) is 0.378. The zero-order valence-electron chi connectivity index (χ0n) is 19.5. The molecule has 184 valence electrons. The topological polar surface area (TPSA) is 102 Å². The molecule has 2 N–H and O–H groups in total. The molecule has 1 heterocycles. The van der Waals surface area contributed by atoms with E-state index in [2.05, 4.69) is 10.0 Å². The Morgan fingerprint density at radius 3 is 2.60 bits per heavy atom. The van der Waals surface area contributed by atoms with Crippen molar-refractivity contribution in [3.8, 4) is 0 Å². The first-order chi connectivity index (χ1) is 16.6. The summed E-state index contributed by atoms with van der Waals surface area (Å²) >= 11 is 7.57. The number of aryl methyl sites for hydroxylation is 3. The van der Waals surface area contributed by atoms with E-state index < -0.39 is 21.9 Å². The summed E-state index contributed by atoms with van der Waals surface area (Å²) < 4.78 is 34.0. The number of hydrogen-bond donors (Lipinski definition) is 2. The minimum Gasteiger partial charge on any atom is -0.462 e. The normalized spacial score (nSPS) is 12.8. The van der Waals surface area contributed by atoms with Gasteiger partial charge in [-0.2, -0.15) is 0 Å². The summed E-state index contributed by atoms with van der Waals surface area (Å²) in [6.07, 6.45) is 2.55. The van der Waals surface area contributed by atoms with Crippen molar-refractivity contribution in [3.63, 3.8) is 0 Å². The van der Waals surface area contributed by atoms with E-state index in [-0.39, 0.29) is 22.1 Å². The Hall–Kier alpha value is -2.88. The van der Waals surface area contributed by atoms with Crippen molar-refractivity contribution >= 4 is 55.5 Å². The van der Waals surface area contributed by atoms with Gasteiger partial charge in [0.25, 0.3) is 15.9 Å². The van der Waals surface area contributed by atoms with Crippen LogP contribution in [0.15, 0.2) is 41.3 Å². The second kappa shape index (κ2) is 10.0. The van der Waals surface area contributed by atoms with Crippen molar-refractivity contribution < 1.29 is 22.7 Å². The first-order valence-electron chi connectivity index (χ1n) is 11.1. The summed E-state index contributed by atoms with van der Waals surface area (Å²) in [6.45, 7) is 5.67. The number of halogens is 1. The molecule has 2 aromatic carbocycles. The number of fused-ring (bicyclic) bond motifs is 1. The number of amides is 1. The van der Waals surface area contributed by atoms with Gasteiger partial charge in [-0.05, 0) is 75.4 Å². The number of sulfonamides is 1. The second-order valence-corrected chi connectivity index (χ2v) is 11.5. The standard InChI is InChI=1S/C25H25ClN2O5S2/c1-4-33-25(30)22-17-6-5-7-20(17)34-24(22)27-23(29)16-9-10-18(26)21(13-16)35(31,32)28-19-11-8-14(2)12-15(19)3/h8-13,28H,4-7H2,1-3H3,(H,27,29). The van der Waals surface area contributed by atoms with E-state index in [9.17, 15) is 18.0 Å². The molecule has 0 aliphatic heterocycles. The van der Waals surface area contributed by atoms with Crippen molar-refractivity contribution in [3.05, 3.63) is 74.1 Å². The van der Waals surface area contributed by atoms with Crippen LogP contribution in [0, 0.1) is 13.8 Å². The molecule has 0 atom stereocenters. The molecule has 35 heavy (non-hydrogen) atoms. The largest absolute Gasteiger partial charge is 0.462 e. The van der Waals surface area contributed by atoms with Gasteiger partial charge in [0, 0.05) is 10.4 Å². The molecule has 0 saturated heterocycles. The Morgan fingerprint density at radius 1 is 1.11 bits per heavy atom. The summed E-state index contributed by atoms with van der Waals surface area (Å²) in [5.74, 6) is -1.02. The summed E-state index contributed by atoms with van der Waals surface area (Å²) in [5, 5.41) is 3.17. The highest BCUT2D eigenvalue weighted by atomic mass is 35.5. The molecule has 0 radical (unpaired) electrons.